The molecule has 0 fully saturated rings. The molecule has 1 heterocycles. The van der Waals surface area contributed by atoms with Crippen LogP contribution in [0, 0.1) is 6.92 Å². The van der Waals surface area contributed by atoms with E-state index in [-0.39, 0.29) is 5.91 Å². The monoisotopic (exact) mass is 244 g/mol. The van der Waals surface area contributed by atoms with Gasteiger partial charge >= 0.3 is 0 Å². The van der Waals surface area contributed by atoms with Crippen molar-refractivity contribution in [2.24, 2.45) is 0 Å². The number of carbonyl (C=O) groups excluding carboxylic acids is 1. The molecular weight excluding hydrogens is 228 g/mol. The molecule has 0 aliphatic heterocycles. The lowest BCUT2D eigenvalue weighted by Crippen LogP contribution is -2.24. The standard InChI is InChI=1S/C13H16N4O/c1-3-17-9-15-16-12(17)8-14-13(18)11-6-4-5-10(2)7-11/h4-7,9H,3,8H2,1-2H3,(H,14,18). The molecule has 0 aliphatic rings. The van der Waals surface area contributed by atoms with Crippen molar-refractivity contribution in [3.8, 4) is 0 Å². The average molecular weight is 244 g/mol. The lowest BCUT2D eigenvalue weighted by atomic mass is 10.1. The highest BCUT2D eigenvalue weighted by Crippen LogP contribution is 2.04. The van der Waals surface area contributed by atoms with E-state index < -0.39 is 0 Å². The molecule has 18 heavy (non-hydrogen) atoms. The van der Waals surface area contributed by atoms with Crippen LogP contribution < -0.4 is 5.32 Å². The summed E-state index contributed by atoms with van der Waals surface area (Å²) in [6, 6.07) is 7.50. The third kappa shape index (κ3) is 2.74. The van der Waals surface area contributed by atoms with Gasteiger partial charge in [0.15, 0.2) is 5.82 Å². The number of hydrogen-bond donors (Lipinski definition) is 1. The first-order chi connectivity index (χ1) is 8.70. The van der Waals surface area contributed by atoms with Crippen LogP contribution in [0.1, 0.15) is 28.7 Å². The summed E-state index contributed by atoms with van der Waals surface area (Å²) in [5.41, 5.74) is 1.73. The molecule has 0 radical (unpaired) electrons. The van der Waals surface area contributed by atoms with Crippen molar-refractivity contribution in [3.05, 3.63) is 47.5 Å². The summed E-state index contributed by atoms with van der Waals surface area (Å²) < 4.78 is 1.90. The molecule has 1 aromatic carbocycles. The number of nitrogens with zero attached hydrogens (tertiary/aromatic N) is 3. The van der Waals surface area contributed by atoms with Gasteiger partial charge in [0.25, 0.3) is 5.91 Å². The van der Waals surface area contributed by atoms with Gasteiger partial charge in [-0.15, -0.1) is 10.2 Å². The van der Waals surface area contributed by atoms with E-state index in [0.29, 0.717) is 12.1 Å². The maximum absolute atomic E-state index is 11.9. The van der Waals surface area contributed by atoms with Crippen molar-refractivity contribution < 1.29 is 4.79 Å². The summed E-state index contributed by atoms with van der Waals surface area (Å²) >= 11 is 0. The SMILES string of the molecule is CCn1cnnc1CNC(=O)c1cccc(C)c1. The zero-order chi connectivity index (χ0) is 13.0. The molecule has 5 nitrogen and oxygen atoms in total. The Morgan fingerprint density at radius 1 is 1.44 bits per heavy atom. The minimum Gasteiger partial charge on any atom is -0.345 e. The topological polar surface area (TPSA) is 59.8 Å². The van der Waals surface area contributed by atoms with Crippen LogP contribution in [-0.2, 0) is 13.1 Å². The van der Waals surface area contributed by atoms with Crippen molar-refractivity contribution in [2.45, 2.75) is 26.9 Å². The Labute approximate surface area is 106 Å². The van der Waals surface area contributed by atoms with Crippen LogP contribution in [0.25, 0.3) is 0 Å². The van der Waals surface area contributed by atoms with Gasteiger partial charge in [-0.25, -0.2) is 0 Å². The van der Waals surface area contributed by atoms with Gasteiger partial charge in [-0.3, -0.25) is 4.79 Å². The first kappa shape index (κ1) is 12.3. The summed E-state index contributed by atoms with van der Waals surface area (Å²) in [4.78, 5) is 11.9. The maximum atomic E-state index is 11.9. The average Bonchev–Trinajstić information content (AvgIpc) is 2.83. The summed E-state index contributed by atoms with van der Waals surface area (Å²) in [6.07, 6.45) is 1.66. The molecule has 0 unspecified atom stereocenters. The van der Waals surface area contributed by atoms with Crippen LogP contribution >= 0.6 is 0 Å². The van der Waals surface area contributed by atoms with E-state index in [0.717, 1.165) is 17.9 Å². The Morgan fingerprint density at radius 3 is 3.00 bits per heavy atom. The fourth-order valence-electron chi connectivity index (χ4n) is 1.73. The van der Waals surface area contributed by atoms with E-state index in [2.05, 4.69) is 15.5 Å². The van der Waals surface area contributed by atoms with Crippen LogP contribution in [0.3, 0.4) is 0 Å². The summed E-state index contributed by atoms with van der Waals surface area (Å²) in [5.74, 6) is 0.669. The van der Waals surface area contributed by atoms with Crippen molar-refractivity contribution in [2.75, 3.05) is 0 Å². The number of nitrogens with one attached hydrogen (secondary N) is 1. The molecule has 0 bridgehead atoms. The normalized spacial score (nSPS) is 10.3. The van der Waals surface area contributed by atoms with Gasteiger partial charge in [0.05, 0.1) is 6.54 Å². The molecule has 1 amide bonds. The van der Waals surface area contributed by atoms with Gasteiger partial charge in [0.1, 0.15) is 6.33 Å². The molecule has 2 aromatic rings. The fraction of sp³-hybridized carbons (Fsp3) is 0.308. The van der Waals surface area contributed by atoms with E-state index in [1.165, 1.54) is 0 Å². The van der Waals surface area contributed by atoms with Gasteiger partial charge in [-0.1, -0.05) is 17.7 Å². The fourth-order valence-corrected chi connectivity index (χ4v) is 1.73. The third-order valence-electron chi connectivity index (χ3n) is 2.72. The summed E-state index contributed by atoms with van der Waals surface area (Å²) in [6.45, 7) is 5.16. The van der Waals surface area contributed by atoms with Gasteiger partial charge in [-0.05, 0) is 26.0 Å². The predicted octanol–water partition coefficient (Wildman–Crippen LogP) is 1.54. The molecule has 1 aromatic heterocycles. The molecule has 94 valence electrons. The van der Waals surface area contributed by atoms with E-state index in [9.17, 15) is 4.79 Å². The number of aryl methyl sites for hydroxylation is 2. The van der Waals surface area contributed by atoms with Gasteiger partial charge in [0.2, 0.25) is 0 Å². The molecular formula is C13H16N4O. The Bertz CT molecular complexity index is 547. The minimum absolute atomic E-state index is 0.0932. The molecule has 0 saturated heterocycles. The minimum atomic E-state index is -0.0932. The number of carbonyl (C=O) groups is 1. The summed E-state index contributed by atoms with van der Waals surface area (Å²) in [5, 5.41) is 10.6. The first-order valence-electron chi connectivity index (χ1n) is 5.92. The van der Waals surface area contributed by atoms with Crippen LogP contribution in [0.4, 0.5) is 0 Å². The smallest absolute Gasteiger partial charge is 0.251 e. The van der Waals surface area contributed by atoms with Gasteiger partial charge < -0.3 is 9.88 Å². The second kappa shape index (κ2) is 5.44. The highest BCUT2D eigenvalue weighted by molar-refractivity contribution is 5.94. The Kier molecular flexibility index (Phi) is 3.72. The van der Waals surface area contributed by atoms with E-state index >= 15 is 0 Å². The molecule has 1 N–H and O–H groups in total. The van der Waals surface area contributed by atoms with Crippen molar-refractivity contribution in [3.63, 3.8) is 0 Å². The predicted molar refractivity (Wildman–Crippen MR) is 68.0 cm³/mol. The van der Waals surface area contributed by atoms with E-state index in [4.69, 9.17) is 0 Å². The molecule has 0 saturated carbocycles. The van der Waals surface area contributed by atoms with Crippen LogP contribution in [0.5, 0.6) is 0 Å². The highest BCUT2D eigenvalue weighted by atomic mass is 16.1. The van der Waals surface area contributed by atoms with Gasteiger partial charge in [0, 0.05) is 12.1 Å². The third-order valence-corrected chi connectivity index (χ3v) is 2.72. The zero-order valence-corrected chi connectivity index (χ0v) is 10.6. The molecule has 0 atom stereocenters. The second-order valence-corrected chi connectivity index (χ2v) is 4.09. The summed E-state index contributed by atoms with van der Waals surface area (Å²) in [7, 11) is 0. The Hall–Kier alpha value is -2.17. The van der Waals surface area contributed by atoms with Crippen LogP contribution in [-0.4, -0.2) is 20.7 Å². The lowest BCUT2D eigenvalue weighted by Gasteiger charge is -2.06. The quantitative estimate of drug-likeness (QED) is 0.887. The molecule has 0 spiro atoms. The number of rotatable bonds is 4. The number of aromatic nitrogens is 3. The van der Waals surface area contributed by atoms with Crippen LogP contribution in [0.15, 0.2) is 30.6 Å². The lowest BCUT2D eigenvalue weighted by molar-refractivity contribution is 0.0949. The highest BCUT2D eigenvalue weighted by Gasteiger charge is 2.07. The maximum Gasteiger partial charge on any atom is 0.251 e. The van der Waals surface area contributed by atoms with Crippen molar-refractivity contribution >= 4 is 5.91 Å². The second-order valence-electron chi connectivity index (χ2n) is 4.09. The Morgan fingerprint density at radius 2 is 2.28 bits per heavy atom. The zero-order valence-electron chi connectivity index (χ0n) is 10.6. The molecule has 0 aliphatic carbocycles. The van der Waals surface area contributed by atoms with Crippen molar-refractivity contribution in [1.82, 2.24) is 20.1 Å². The number of hydrogen-bond acceptors (Lipinski definition) is 3. The number of amides is 1. The van der Waals surface area contributed by atoms with Crippen LogP contribution in [0.2, 0.25) is 0 Å². The largest absolute Gasteiger partial charge is 0.345 e. The van der Waals surface area contributed by atoms with Gasteiger partial charge in [-0.2, -0.15) is 0 Å². The van der Waals surface area contributed by atoms with E-state index in [1.807, 2.05) is 36.6 Å². The van der Waals surface area contributed by atoms with Crippen molar-refractivity contribution in [1.29, 1.82) is 0 Å². The molecule has 2 rings (SSSR count). The first-order valence-corrected chi connectivity index (χ1v) is 5.92. The van der Waals surface area contributed by atoms with E-state index in [1.54, 1.807) is 12.4 Å². The molecule has 5 heteroatoms. The Balaban J connectivity index is 2.00. The number of benzene rings is 1.